The van der Waals surface area contributed by atoms with Crippen molar-refractivity contribution >= 4 is 5.91 Å². The lowest BCUT2D eigenvalue weighted by atomic mass is 9.90. The van der Waals surface area contributed by atoms with Crippen LogP contribution in [0.1, 0.15) is 39.0 Å². The van der Waals surface area contributed by atoms with E-state index in [2.05, 4.69) is 10.2 Å². The van der Waals surface area contributed by atoms with Crippen LogP contribution in [0.2, 0.25) is 0 Å². The molecule has 1 aliphatic heterocycles. The maximum Gasteiger partial charge on any atom is 0.231 e. The number of amides is 1. The molecular weight excluding hydrogens is 254 g/mol. The summed E-state index contributed by atoms with van der Waals surface area (Å²) < 4.78 is 0. The van der Waals surface area contributed by atoms with Crippen molar-refractivity contribution in [2.45, 2.75) is 51.2 Å². The van der Waals surface area contributed by atoms with Crippen molar-refractivity contribution in [2.24, 2.45) is 17.6 Å². The van der Waals surface area contributed by atoms with E-state index in [0.717, 1.165) is 32.0 Å². The number of aliphatic hydroxyl groups is 1. The van der Waals surface area contributed by atoms with Crippen LogP contribution in [0.5, 0.6) is 0 Å². The van der Waals surface area contributed by atoms with Crippen LogP contribution in [0.15, 0.2) is 0 Å². The van der Waals surface area contributed by atoms with E-state index in [4.69, 9.17) is 5.73 Å². The number of hydrogen-bond acceptors (Lipinski definition) is 4. The zero-order chi connectivity index (χ0) is 14.5. The number of hydrogen-bond donors (Lipinski definition) is 3. The highest BCUT2D eigenvalue weighted by atomic mass is 16.3. The van der Waals surface area contributed by atoms with E-state index in [1.807, 2.05) is 6.92 Å². The number of nitrogens with two attached hydrogens (primary N) is 1. The standard InChI is InChI=1S/C15H29N3O2/c1-11(19)13-6-14(9-18(8-13)10-15(16)20)17-7-12-4-2-3-5-12/h11-14,17,19H,2-10H2,1H3,(H2,16,20). The normalized spacial score (nSPS) is 30.5. The Morgan fingerprint density at radius 3 is 2.70 bits per heavy atom. The molecule has 0 aromatic carbocycles. The van der Waals surface area contributed by atoms with Crippen LogP contribution in [0, 0.1) is 11.8 Å². The van der Waals surface area contributed by atoms with Crippen LogP contribution < -0.4 is 11.1 Å². The van der Waals surface area contributed by atoms with Crippen LogP contribution in [0.3, 0.4) is 0 Å². The lowest BCUT2D eigenvalue weighted by Gasteiger charge is -2.39. The molecule has 0 bridgehead atoms. The Labute approximate surface area is 121 Å². The van der Waals surface area contributed by atoms with Gasteiger partial charge in [-0.25, -0.2) is 0 Å². The molecule has 5 nitrogen and oxygen atoms in total. The van der Waals surface area contributed by atoms with Crippen molar-refractivity contribution in [3.05, 3.63) is 0 Å². The van der Waals surface area contributed by atoms with Crippen molar-refractivity contribution in [1.82, 2.24) is 10.2 Å². The van der Waals surface area contributed by atoms with Crippen LogP contribution in [0.25, 0.3) is 0 Å². The number of rotatable bonds is 6. The maximum atomic E-state index is 11.1. The summed E-state index contributed by atoms with van der Waals surface area (Å²) in [7, 11) is 0. The average Bonchev–Trinajstić information content (AvgIpc) is 2.88. The molecule has 116 valence electrons. The van der Waals surface area contributed by atoms with Gasteiger partial charge < -0.3 is 16.2 Å². The number of likely N-dealkylation sites (tertiary alicyclic amines) is 1. The summed E-state index contributed by atoms with van der Waals surface area (Å²) in [5.74, 6) is 0.751. The van der Waals surface area contributed by atoms with Crippen LogP contribution in [-0.2, 0) is 4.79 Å². The summed E-state index contributed by atoms with van der Waals surface area (Å²) in [5, 5.41) is 13.5. The van der Waals surface area contributed by atoms with E-state index in [9.17, 15) is 9.90 Å². The molecule has 1 saturated heterocycles. The average molecular weight is 283 g/mol. The molecule has 1 aliphatic carbocycles. The molecule has 0 aromatic heterocycles. The van der Waals surface area contributed by atoms with Crippen LogP contribution in [-0.4, -0.2) is 54.2 Å². The third kappa shape index (κ3) is 4.72. The molecular formula is C15H29N3O2. The van der Waals surface area contributed by atoms with E-state index in [0.29, 0.717) is 12.6 Å². The monoisotopic (exact) mass is 283 g/mol. The summed E-state index contributed by atoms with van der Waals surface area (Å²) in [4.78, 5) is 13.2. The highest BCUT2D eigenvalue weighted by molar-refractivity contribution is 5.75. The van der Waals surface area contributed by atoms with Crippen molar-refractivity contribution in [3.8, 4) is 0 Å². The minimum atomic E-state index is -0.332. The van der Waals surface area contributed by atoms with Gasteiger partial charge in [-0.2, -0.15) is 0 Å². The van der Waals surface area contributed by atoms with Gasteiger partial charge in [-0.1, -0.05) is 12.8 Å². The molecule has 0 spiro atoms. The summed E-state index contributed by atoms with van der Waals surface area (Å²) in [6, 6.07) is 0.364. The molecule has 1 heterocycles. The number of carbonyl (C=O) groups is 1. The number of primary amides is 1. The topological polar surface area (TPSA) is 78.6 Å². The molecule has 0 radical (unpaired) electrons. The second-order valence-electron chi connectivity index (χ2n) is 6.65. The van der Waals surface area contributed by atoms with Crippen molar-refractivity contribution in [2.75, 3.05) is 26.2 Å². The molecule has 2 rings (SSSR count). The van der Waals surface area contributed by atoms with Gasteiger partial charge in [0.1, 0.15) is 0 Å². The predicted octanol–water partition coefficient (Wildman–Crippen LogP) is 0.323. The molecule has 2 fully saturated rings. The van der Waals surface area contributed by atoms with E-state index in [-0.39, 0.29) is 17.9 Å². The quantitative estimate of drug-likeness (QED) is 0.656. The van der Waals surface area contributed by atoms with E-state index >= 15 is 0 Å². The minimum Gasteiger partial charge on any atom is -0.393 e. The highest BCUT2D eigenvalue weighted by Gasteiger charge is 2.30. The van der Waals surface area contributed by atoms with Gasteiger partial charge in [0.05, 0.1) is 12.6 Å². The first kappa shape index (κ1) is 15.7. The first-order chi connectivity index (χ1) is 9.54. The first-order valence-electron chi connectivity index (χ1n) is 7.96. The van der Waals surface area contributed by atoms with Crippen LogP contribution in [0.4, 0.5) is 0 Å². The van der Waals surface area contributed by atoms with E-state index < -0.39 is 0 Å². The Bertz CT molecular complexity index is 316. The largest absolute Gasteiger partial charge is 0.393 e. The Kier molecular flexibility index (Phi) is 5.81. The Balaban J connectivity index is 1.83. The Hall–Kier alpha value is -0.650. The molecule has 3 unspecified atom stereocenters. The van der Waals surface area contributed by atoms with E-state index in [1.165, 1.54) is 25.7 Å². The van der Waals surface area contributed by atoms with Gasteiger partial charge in [0.15, 0.2) is 0 Å². The van der Waals surface area contributed by atoms with Crippen LogP contribution >= 0.6 is 0 Å². The molecule has 4 N–H and O–H groups in total. The first-order valence-corrected chi connectivity index (χ1v) is 7.96. The second kappa shape index (κ2) is 7.38. The predicted molar refractivity (Wildman–Crippen MR) is 79.2 cm³/mol. The summed E-state index contributed by atoms with van der Waals surface area (Å²) in [6.07, 6.45) is 6.05. The molecule has 20 heavy (non-hydrogen) atoms. The fourth-order valence-corrected chi connectivity index (χ4v) is 3.63. The van der Waals surface area contributed by atoms with Crippen molar-refractivity contribution in [3.63, 3.8) is 0 Å². The fourth-order valence-electron chi connectivity index (χ4n) is 3.63. The van der Waals surface area contributed by atoms with Crippen molar-refractivity contribution in [1.29, 1.82) is 0 Å². The summed E-state index contributed by atoms with van der Waals surface area (Å²) >= 11 is 0. The zero-order valence-corrected chi connectivity index (χ0v) is 12.6. The van der Waals surface area contributed by atoms with Gasteiger partial charge in [0, 0.05) is 19.1 Å². The third-order valence-corrected chi connectivity index (χ3v) is 4.79. The van der Waals surface area contributed by atoms with Gasteiger partial charge in [0.2, 0.25) is 5.91 Å². The SMILES string of the molecule is CC(O)C1CC(NCC2CCCC2)CN(CC(N)=O)C1. The van der Waals surface area contributed by atoms with Gasteiger partial charge >= 0.3 is 0 Å². The molecule has 3 atom stereocenters. The number of piperidine rings is 1. The van der Waals surface area contributed by atoms with Gasteiger partial charge in [0.25, 0.3) is 0 Å². The van der Waals surface area contributed by atoms with E-state index in [1.54, 1.807) is 0 Å². The Morgan fingerprint density at radius 1 is 1.40 bits per heavy atom. The Morgan fingerprint density at radius 2 is 2.10 bits per heavy atom. The molecule has 0 aromatic rings. The van der Waals surface area contributed by atoms with Gasteiger partial charge in [-0.15, -0.1) is 0 Å². The minimum absolute atomic E-state index is 0.226. The lowest BCUT2D eigenvalue weighted by Crippen LogP contribution is -2.53. The number of carbonyl (C=O) groups excluding carboxylic acids is 1. The fraction of sp³-hybridized carbons (Fsp3) is 0.933. The molecule has 2 aliphatic rings. The lowest BCUT2D eigenvalue weighted by molar-refractivity contribution is -0.120. The molecule has 1 amide bonds. The number of nitrogens with one attached hydrogen (secondary N) is 1. The highest BCUT2D eigenvalue weighted by Crippen LogP contribution is 2.25. The number of aliphatic hydroxyl groups excluding tert-OH is 1. The second-order valence-corrected chi connectivity index (χ2v) is 6.65. The third-order valence-electron chi connectivity index (χ3n) is 4.79. The molecule has 1 saturated carbocycles. The smallest absolute Gasteiger partial charge is 0.231 e. The zero-order valence-electron chi connectivity index (χ0n) is 12.6. The number of nitrogens with zero attached hydrogens (tertiary/aromatic N) is 1. The summed E-state index contributed by atoms with van der Waals surface area (Å²) in [5.41, 5.74) is 5.30. The van der Waals surface area contributed by atoms with Crippen molar-refractivity contribution < 1.29 is 9.90 Å². The maximum absolute atomic E-state index is 11.1. The van der Waals surface area contributed by atoms with Gasteiger partial charge in [-0.3, -0.25) is 9.69 Å². The summed E-state index contributed by atoms with van der Waals surface area (Å²) in [6.45, 7) is 4.83. The molecule has 5 heteroatoms. The van der Waals surface area contributed by atoms with Gasteiger partial charge in [-0.05, 0) is 44.6 Å².